The Balaban J connectivity index is 1.94. The molecule has 1 aliphatic rings. The smallest absolute Gasteiger partial charge is 0.325 e. The monoisotopic (exact) mass is 313 g/mol. The van der Waals surface area contributed by atoms with E-state index < -0.39 is 11.6 Å². The van der Waals surface area contributed by atoms with Crippen molar-refractivity contribution in [3.8, 4) is 0 Å². The molecule has 1 atom stereocenters. The molecule has 1 aromatic heterocycles. The van der Waals surface area contributed by atoms with Crippen molar-refractivity contribution in [1.82, 2.24) is 15.4 Å². The molecule has 3 amide bonds. The normalized spacial score (nSPS) is 20.9. The number of aromatic nitrogens is 1. The third kappa shape index (κ3) is 2.60. The number of benzene rings is 1. The number of aryl methyl sites for hydroxylation is 1. The zero-order chi connectivity index (χ0) is 16.4. The van der Waals surface area contributed by atoms with Gasteiger partial charge in [-0.2, -0.15) is 0 Å². The van der Waals surface area contributed by atoms with Crippen molar-refractivity contribution in [3.63, 3.8) is 0 Å². The third-order valence-corrected chi connectivity index (χ3v) is 4.06. The molecule has 1 aliphatic heterocycles. The molecule has 1 saturated heterocycles. The van der Waals surface area contributed by atoms with Gasteiger partial charge < -0.3 is 9.84 Å². The van der Waals surface area contributed by atoms with E-state index in [1.165, 1.54) is 4.90 Å². The Kier molecular flexibility index (Phi) is 3.90. The number of urea groups is 1. The Hall–Kier alpha value is -2.63. The molecule has 0 saturated carbocycles. The molecule has 23 heavy (non-hydrogen) atoms. The van der Waals surface area contributed by atoms with E-state index in [1.54, 1.807) is 13.0 Å². The molecule has 2 heterocycles. The predicted octanol–water partition coefficient (Wildman–Crippen LogP) is 2.73. The molecule has 0 bridgehead atoms. The summed E-state index contributed by atoms with van der Waals surface area (Å²) in [6, 6.07) is 10.7. The zero-order valence-corrected chi connectivity index (χ0v) is 13.2. The SMILES string of the molecule is CCC[C@@]1(c2ccccc2)NC(=O)N(Cc2cc(C)on2)C1=O. The Morgan fingerprint density at radius 3 is 2.61 bits per heavy atom. The number of hydrogen-bond acceptors (Lipinski definition) is 4. The van der Waals surface area contributed by atoms with E-state index in [0.29, 0.717) is 17.9 Å². The van der Waals surface area contributed by atoms with Gasteiger partial charge in [0.2, 0.25) is 0 Å². The van der Waals surface area contributed by atoms with Gasteiger partial charge >= 0.3 is 6.03 Å². The molecule has 1 N–H and O–H groups in total. The van der Waals surface area contributed by atoms with Gasteiger partial charge in [-0.3, -0.25) is 9.69 Å². The fraction of sp³-hybridized carbons (Fsp3) is 0.353. The molecule has 0 radical (unpaired) electrons. The molecule has 0 aliphatic carbocycles. The fourth-order valence-corrected chi connectivity index (χ4v) is 3.03. The van der Waals surface area contributed by atoms with Crippen molar-refractivity contribution in [2.75, 3.05) is 0 Å². The molecule has 1 aromatic carbocycles. The van der Waals surface area contributed by atoms with Gasteiger partial charge in [-0.05, 0) is 18.9 Å². The van der Waals surface area contributed by atoms with E-state index in [0.717, 1.165) is 12.0 Å². The minimum absolute atomic E-state index is 0.111. The Morgan fingerprint density at radius 2 is 2.00 bits per heavy atom. The first kappa shape index (κ1) is 15.3. The fourth-order valence-electron chi connectivity index (χ4n) is 3.03. The maximum atomic E-state index is 13.0. The summed E-state index contributed by atoms with van der Waals surface area (Å²) in [6.45, 7) is 3.88. The topological polar surface area (TPSA) is 75.4 Å². The molecule has 1 fully saturated rings. The molecule has 2 aromatic rings. The van der Waals surface area contributed by atoms with Crippen LogP contribution in [0.4, 0.5) is 4.79 Å². The van der Waals surface area contributed by atoms with Gasteiger partial charge in [0, 0.05) is 6.07 Å². The number of rotatable bonds is 5. The van der Waals surface area contributed by atoms with Crippen molar-refractivity contribution in [3.05, 3.63) is 53.4 Å². The van der Waals surface area contributed by atoms with Crippen LogP contribution < -0.4 is 5.32 Å². The molecule has 0 spiro atoms. The van der Waals surface area contributed by atoms with Crippen LogP contribution in [0.25, 0.3) is 0 Å². The molecule has 3 rings (SSSR count). The van der Waals surface area contributed by atoms with E-state index >= 15 is 0 Å². The van der Waals surface area contributed by atoms with Crippen LogP contribution in [0.3, 0.4) is 0 Å². The summed E-state index contributed by atoms with van der Waals surface area (Å²) in [5.41, 5.74) is 0.372. The number of hydrogen-bond donors (Lipinski definition) is 1. The van der Waals surface area contributed by atoms with E-state index in [-0.39, 0.29) is 12.5 Å². The van der Waals surface area contributed by atoms with Crippen LogP contribution in [-0.4, -0.2) is 22.0 Å². The molecular weight excluding hydrogens is 294 g/mol. The number of nitrogens with zero attached hydrogens (tertiary/aromatic N) is 2. The highest BCUT2D eigenvalue weighted by Crippen LogP contribution is 2.34. The molecule has 6 heteroatoms. The highest BCUT2D eigenvalue weighted by atomic mass is 16.5. The quantitative estimate of drug-likeness (QED) is 0.861. The lowest BCUT2D eigenvalue weighted by Crippen LogP contribution is -2.43. The highest BCUT2D eigenvalue weighted by Gasteiger charge is 2.51. The van der Waals surface area contributed by atoms with Crippen molar-refractivity contribution in [2.45, 2.75) is 38.8 Å². The van der Waals surface area contributed by atoms with Crippen LogP contribution in [0.5, 0.6) is 0 Å². The van der Waals surface area contributed by atoms with Crippen molar-refractivity contribution in [1.29, 1.82) is 0 Å². The van der Waals surface area contributed by atoms with Gasteiger partial charge in [-0.25, -0.2) is 4.79 Å². The maximum Gasteiger partial charge on any atom is 0.325 e. The summed E-state index contributed by atoms with van der Waals surface area (Å²) < 4.78 is 5.01. The number of carbonyl (C=O) groups is 2. The lowest BCUT2D eigenvalue weighted by atomic mass is 9.85. The summed E-state index contributed by atoms with van der Waals surface area (Å²) in [5, 5.41) is 6.76. The van der Waals surface area contributed by atoms with Gasteiger partial charge in [0.15, 0.2) is 0 Å². The summed E-state index contributed by atoms with van der Waals surface area (Å²) in [5.74, 6) is 0.408. The van der Waals surface area contributed by atoms with Crippen LogP contribution in [0.2, 0.25) is 0 Å². The lowest BCUT2D eigenvalue weighted by molar-refractivity contribution is -0.132. The standard InChI is InChI=1S/C17H19N3O3/c1-3-9-17(13-7-5-4-6-8-13)15(21)20(16(22)18-17)11-14-10-12(2)23-19-14/h4-8,10H,3,9,11H2,1-2H3,(H,18,22)/t17-/m0/s1. The van der Waals surface area contributed by atoms with Gasteiger partial charge in [0.1, 0.15) is 17.0 Å². The Morgan fingerprint density at radius 1 is 1.26 bits per heavy atom. The first-order valence-corrected chi connectivity index (χ1v) is 7.68. The first-order chi connectivity index (χ1) is 11.1. The minimum atomic E-state index is -0.994. The number of imide groups is 1. The number of carbonyl (C=O) groups excluding carboxylic acids is 2. The van der Waals surface area contributed by atoms with Gasteiger partial charge in [0.25, 0.3) is 5.91 Å². The summed E-state index contributed by atoms with van der Waals surface area (Å²) in [6.07, 6.45) is 1.33. The van der Waals surface area contributed by atoms with Crippen LogP contribution >= 0.6 is 0 Å². The average molecular weight is 313 g/mol. The van der Waals surface area contributed by atoms with E-state index in [2.05, 4.69) is 10.5 Å². The maximum absolute atomic E-state index is 13.0. The van der Waals surface area contributed by atoms with E-state index in [9.17, 15) is 9.59 Å². The van der Waals surface area contributed by atoms with E-state index in [1.807, 2.05) is 37.3 Å². The summed E-state index contributed by atoms with van der Waals surface area (Å²) in [4.78, 5) is 26.6. The molecule has 6 nitrogen and oxygen atoms in total. The zero-order valence-electron chi connectivity index (χ0n) is 13.2. The van der Waals surface area contributed by atoms with Crippen LogP contribution in [-0.2, 0) is 16.9 Å². The van der Waals surface area contributed by atoms with Crippen molar-refractivity contribution in [2.24, 2.45) is 0 Å². The highest BCUT2D eigenvalue weighted by molar-refractivity contribution is 6.07. The molecule has 120 valence electrons. The predicted molar refractivity (Wildman–Crippen MR) is 83.3 cm³/mol. The number of amides is 3. The lowest BCUT2D eigenvalue weighted by Gasteiger charge is -2.26. The van der Waals surface area contributed by atoms with Crippen LogP contribution in [0.15, 0.2) is 40.9 Å². The van der Waals surface area contributed by atoms with E-state index in [4.69, 9.17) is 4.52 Å². The minimum Gasteiger partial charge on any atom is -0.361 e. The Bertz CT molecular complexity index is 726. The second kappa shape index (κ2) is 5.87. The molecular formula is C17H19N3O3. The summed E-state index contributed by atoms with van der Waals surface area (Å²) in [7, 11) is 0. The van der Waals surface area contributed by atoms with Crippen LogP contribution in [0.1, 0.15) is 36.8 Å². The third-order valence-electron chi connectivity index (χ3n) is 4.06. The number of nitrogens with one attached hydrogen (secondary N) is 1. The first-order valence-electron chi connectivity index (χ1n) is 7.68. The van der Waals surface area contributed by atoms with Gasteiger partial charge in [0.05, 0.1) is 6.54 Å². The largest absolute Gasteiger partial charge is 0.361 e. The average Bonchev–Trinajstić information content (AvgIpc) is 3.06. The second-order valence-electron chi connectivity index (χ2n) is 5.77. The molecule has 0 unspecified atom stereocenters. The van der Waals surface area contributed by atoms with Crippen LogP contribution in [0, 0.1) is 6.92 Å². The second-order valence-corrected chi connectivity index (χ2v) is 5.77. The Labute approximate surface area is 134 Å². The van der Waals surface area contributed by atoms with Crippen molar-refractivity contribution < 1.29 is 14.1 Å². The summed E-state index contributed by atoms with van der Waals surface area (Å²) >= 11 is 0. The van der Waals surface area contributed by atoms with Crippen molar-refractivity contribution >= 4 is 11.9 Å². The van der Waals surface area contributed by atoms with Gasteiger partial charge in [-0.15, -0.1) is 0 Å². The van der Waals surface area contributed by atoms with Gasteiger partial charge in [-0.1, -0.05) is 48.8 Å².